The normalized spacial score (nSPS) is 12.6. The molecule has 1 atom stereocenters. The van der Waals surface area contributed by atoms with Gasteiger partial charge in [0, 0.05) is 31.9 Å². The first-order chi connectivity index (χ1) is 8.25. The predicted octanol–water partition coefficient (Wildman–Crippen LogP) is 2.31. The Kier molecular flexibility index (Phi) is 3.94. The van der Waals surface area contributed by atoms with E-state index >= 15 is 0 Å². The lowest BCUT2D eigenvalue weighted by Gasteiger charge is -2.12. The van der Waals surface area contributed by atoms with Crippen LogP contribution in [0.15, 0.2) is 42.7 Å². The molecule has 1 N–H and O–H groups in total. The average Bonchev–Trinajstić information content (AvgIpc) is 2.76. The first-order valence-electron chi connectivity index (χ1n) is 5.99. The molecule has 17 heavy (non-hydrogen) atoms. The summed E-state index contributed by atoms with van der Waals surface area (Å²) in [6.45, 7) is 4.11. The topological polar surface area (TPSA) is 29.9 Å². The lowest BCUT2D eigenvalue weighted by molar-refractivity contribution is 0.615. The van der Waals surface area contributed by atoms with E-state index in [1.165, 1.54) is 11.1 Å². The van der Waals surface area contributed by atoms with Gasteiger partial charge in [0.25, 0.3) is 0 Å². The van der Waals surface area contributed by atoms with Crippen molar-refractivity contribution in [2.75, 3.05) is 6.54 Å². The van der Waals surface area contributed by atoms with Gasteiger partial charge in [-0.15, -0.1) is 0 Å². The zero-order valence-electron chi connectivity index (χ0n) is 10.4. The van der Waals surface area contributed by atoms with Crippen LogP contribution in [-0.4, -0.2) is 16.3 Å². The molecule has 0 saturated carbocycles. The number of nitrogens with one attached hydrogen (secondary N) is 1. The van der Waals surface area contributed by atoms with E-state index in [1.54, 1.807) is 0 Å². The molecule has 0 aliphatic rings. The van der Waals surface area contributed by atoms with Gasteiger partial charge < -0.3 is 5.32 Å². The molecule has 0 aliphatic heterocycles. The summed E-state index contributed by atoms with van der Waals surface area (Å²) in [6, 6.07) is 10.6. The maximum atomic E-state index is 4.15. The maximum absolute atomic E-state index is 4.15. The van der Waals surface area contributed by atoms with Crippen molar-refractivity contribution in [2.24, 2.45) is 7.05 Å². The number of aromatic nitrogens is 2. The number of nitrogens with zero attached hydrogens (tertiary/aromatic N) is 2. The van der Waals surface area contributed by atoms with Gasteiger partial charge in [0.15, 0.2) is 0 Å². The molecule has 0 bridgehead atoms. The molecule has 0 spiro atoms. The standard InChI is InChI=1S/C14H19N3/c1-12(14-6-4-3-5-7-14)8-15-9-13-10-16-17(2)11-13/h3-7,10-12,15H,8-9H2,1-2H3. The lowest BCUT2D eigenvalue weighted by atomic mass is 10.0. The first-order valence-corrected chi connectivity index (χ1v) is 5.99. The highest BCUT2D eigenvalue weighted by molar-refractivity contribution is 5.19. The van der Waals surface area contributed by atoms with Crippen molar-refractivity contribution < 1.29 is 0 Å². The zero-order valence-corrected chi connectivity index (χ0v) is 10.4. The molecule has 1 unspecified atom stereocenters. The van der Waals surface area contributed by atoms with Crippen LogP contribution in [0, 0.1) is 0 Å². The van der Waals surface area contributed by atoms with Crippen LogP contribution in [0.3, 0.4) is 0 Å². The number of hydrogen-bond acceptors (Lipinski definition) is 2. The minimum atomic E-state index is 0.535. The smallest absolute Gasteiger partial charge is 0.0534 e. The van der Waals surface area contributed by atoms with Gasteiger partial charge in [-0.1, -0.05) is 37.3 Å². The fourth-order valence-corrected chi connectivity index (χ4v) is 1.90. The molecule has 3 heteroatoms. The quantitative estimate of drug-likeness (QED) is 0.852. The van der Waals surface area contributed by atoms with E-state index < -0.39 is 0 Å². The summed E-state index contributed by atoms with van der Waals surface area (Å²) >= 11 is 0. The monoisotopic (exact) mass is 229 g/mol. The van der Waals surface area contributed by atoms with Gasteiger partial charge in [0.1, 0.15) is 0 Å². The van der Waals surface area contributed by atoms with Gasteiger partial charge in [0.2, 0.25) is 0 Å². The van der Waals surface area contributed by atoms with Crippen molar-refractivity contribution in [3.05, 3.63) is 53.9 Å². The van der Waals surface area contributed by atoms with Crippen molar-refractivity contribution in [3.63, 3.8) is 0 Å². The summed E-state index contributed by atoms with van der Waals surface area (Å²) < 4.78 is 1.83. The Morgan fingerprint density at radius 1 is 1.29 bits per heavy atom. The second kappa shape index (κ2) is 5.64. The third-order valence-electron chi connectivity index (χ3n) is 2.91. The molecule has 0 radical (unpaired) electrons. The van der Waals surface area contributed by atoms with Crippen LogP contribution in [0.25, 0.3) is 0 Å². The van der Waals surface area contributed by atoms with Crippen molar-refractivity contribution in [2.45, 2.75) is 19.4 Å². The van der Waals surface area contributed by atoms with Crippen molar-refractivity contribution >= 4 is 0 Å². The minimum Gasteiger partial charge on any atom is -0.312 e. The number of rotatable bonds is 5. The summed E-state index contributed by atoms with van der Waals surface area (Å²) in [5.74, 6) is 0.535. The lowest BCUT2D eigenvalue weighted by Crippen LogP contribution is -2.19. The van der Waals surface area contributed by atoms with Gasteiger partial charge in [0.05, 0.1) is 6.20 Å². The van der Waals surface area contributed by atoms with E-state index in [-0.39, 0.29) is 0 Å². The summed E-state index contributed by atoms with van der Waals surface area (Å²) in [5.41, 5.74) is 2.61. The average molecular weight is 229 g/mol. The van der Waals surface area contributed by atoms with Gasteiger partial charge >= 0.3 is 0 Å². The summed E-state index contributed by atoms with van der Waals surface area (Å²) in [7, 11) is 1.94. The molecule has 0 amide bonds. The molecule has 3 nitrogen and oxygen atoms in total. The molecule has 1 heterocycles. The third-order valence-corrected chi connectivity index (χ3v) is 2.91. The molecule has 0 saturated heterocycles. The van der Waals surface area contributed by atoms with E-state index in [9.17, 15) is 0 Å². The van der Waals surface area contributed by atoms with Gasteiger partial charge in [-0.2, -0.15) is 5.10 Å². The fourth-order valence-electron chi connectivity index (χ4n) is 1.90. The number of benzene rings is 1. The molecule has 0 aliphatic carbocycles. The van der Waals surface area contributed by atoms with E-state index in [4.69, 9.17) is 0 Å². The number of aryl methyl sites for hydroxylation is 1. The zero-order chi connectivity index (χ0) is 12.1. The van der Waals surface area contributed by atoms with Crippen LogP contribution in [0.1, 0.15) is 24.0 Å². The van der Waals surface area contributed by atoms with Gasteiger partial charge in [-0.25, -0.2) is 0 Å². The van der Waals surface area contributed by atoms with Crippen molar-refractivity contribution in [3.8, 4) is 0 Å². The summed E-state index contributed by atoms with van der Waals surface area (Å²) in [6.07, 6.45) is 3.94. The first kappa shape index (κ1) is 11.9. The highest BCUT2D eigenvalue weighted by Gasteiger charge is 2.04. The Hall–Kier alpha value is -1.61. The maximum Gasteiger partial charge on any atom is 0.0534 e. The van der Waals surface area contributed by atoms with E-state index in [2.05, 4.69) is 47.7 Å². The predicted molar refractivity (Wildman–Crippen MR) is 69.8 cm³/mol. The molecule has 2 rings (SSSR count). The van der Waals surface area contributed by atoms with Crippen LogP contribution < -0.4 is 5.32 Å². The van der Waals surface area contributed by atoms with Crippen LogP contribution in [0.4, 0.5) is 0 Å². The minimum absolute atomic E-state index is 0.535. The Morgan fingerprint density at radius 2 is 2.06 bits per heavy atom. The SMILES string of the molecule is CC(CNCc1cnn(C)c1)c1ccccc1. The molecule has 1 aromatic carbocycles. The van der Waals surface area contributed by atoms with Gasteiger partial charge in [-0.05, 0) is 11.5 Å². The van der Waals surface area contributed by atoms with Crippen molar-refractivity contribution in [1.82, 2.24) is 15.1 Å². The van der Waals surface area contributed by atoms with Crippen LogP contribution in [0.5, 0.6) is 0 Å². The Morgan fingerprint density at radius 3 is 2.71 bits per heavy atom. The highest BCUT2D eigenvalue weighted by atomic mass is 15.2. The molecule has 2 aromatic rings. The van der Waals surface area contributed by atoms with Crippen molar-refractivity contribution in [1.29, 1.82) is 0 Å². The molecule has 0 fully saturated rings. The Balaban J connectivity index is 1.79. The summed E-state index contributed by atoms with van der Waals surface area (Å²) in [4.78, 5) is 0. The second-order valence-corrected chi connectivity index (χ2v) is 4.46. The highest BCUT2D eigenvalue weighted by Crippen LogP contribution is 2.13. The fraction of sp³-hybridized carbons (Fsp3) is 0.357. The van der Waals surface area contributed by atoms with Gasteiger partial charge in [-0.3, -0.25) is 4.68 Å². The van der Waals surface area contributed by atoms with Crippen LogP contribution in [-0.2, 0) is 13.6 Å². The summed E-state index contributed by atoms with van der Waals surface area (Å²) in [5, 5.41) is 7.61. The Bertz CT molecular complexity index is 448. The second-order valence-electron chi connectivity index (χ2n) is 4.46. The van der Waals surface area contributed by atoms with Crippen LogP contribution >= 0.6 is 0 Å². The largest absolute Gasteiger partial charge is 0.312 e. The molecule has 1 aromatic heterocycles. The van der Waals surface area contributed by atoms with E-state index in [0.717, 1.165) is 13.1 Å². The third kappa shape index (κ3) is 3.43. The number of hydrogen-bond donors (Lipinski definition) is 1. The van der Waals surface area contributed by atoms with Crippen LogP contribution in [0.2, 0.25) is 0 Å². The Labute approximate surface area is 102 Å². The molecular formula is C14H19N3. The molecule has 90 valence electrons. The van der Waals surface area contributed by atoms with E-state index in [0.29, 0.717) is 5.92 Å². The molecular weight excluding hydrogens is 210 g/mol. The van der Waals surface area contributed by atoms with E-state index in [1.807, 2.05) is 24.1 Å².